The molecule has 0 aliphatic heterocycles. The van der Waals surface area contributed by atoms with Crippen LogP contribution in [0.15, 0.2) is 0 Å². The Morgan fingerprint density at radius 3 is 2.05 bits per heavy atom. The van der Waals surface area contributed by atoms with Gasteiger partial charge in [-0.3, -0.25) is 4.79 Å². The normalized spacial score (nSPS) is 41.6. The Balaban J connectivity index is 1.67. The molecule has 108 valence electrons. The minimum absolute atomic E-state index is 0.344. The number of hydrogen-bond donors (Lipinski definition) is 1. The molecule has 0 spiro atoms. The smallest absolute Gasteiger partial charge is 0.223 e. The van der Waals surface area contributed by atoms with Crippen LogP contribution in [-0.2, 0) is 4.79 Å². The zero-order chi connectivity index (χ0) is 13.6. The van der Waals surface area contributed by atoms with Gasteiger partial charge in [-0.1, -0.05) is 36.4 Å². The van der Waals surface area contributed by atoms with Gasteiger partial charge < -0.3 is 5.32 Å². The number of halogens is 1. The van der Waals surface area contributed by atoms with Crippen LogP contribution in [0.1, 0.15) is 46.0 Å². The fraction of sp³-hybridized carbons (Fsp3) is 0.938. The molecule has 1 amide bonds. The molecule has 0 heterocycles. The van der Waals surface area contributed by atoms with E-state index in [4.69, 9.17) is 0 Å². The average molecular weight is 375 g/mol. The molecule has 0 saturated heterocycles. The summed E-state index contributed by atoms with van der Waals surface area (Å²) in [4.78, 5) is 12.7. The van der Waals surface area contributed by atoms with Crippen LogP contribution in [0.5, 0.6) is 0 Å². The van der Waals surface area contributed by atoms with Gasteiger partial charge in [-0.25, -0.2) is 0 Å². The van der Waals surface area contributed by atoms with Gasteiger partial charge in [0.15, 0.2) is 0 Å². The molecule has 4 bridgehead atoms. The van der Waals surface area contributed by atoms with Crippen molar-refractivity contribution in [1.29, 1.82) is 0 Å². The summed E-state index contributed by atoms with van der Waals surface area (Å²) in [6.45, 7) is 4.42. The summed E-state index contributed by atoms with van der Waals surface area (Å²) in [6.07, 6.45) is 6.80. The molecule has 4 saturated carbocycles. The third-order valence-electron chi connectivity index (χ3n) is 5.83. The van der Waals surface area contributed by atoms with Gasteiger partial charge in [0, 0.05) is 16.4 Å². The molecular formula is C16H26INO. The van der Waals surface area contributed by atoms with Crippen molar-refractivity contribution in [2.24, 2.45) is 35.5 Å². The minimum atomic E-state index is 0.344. The third kappa shape index (κ3) is 2.68. The van der Waals surface area contributed by atoms with Crippen molar-refractivity contribution in [3.63, 3.8) is 0 Å². The van der Waals surface area contributed by atoms with E-state index in [1.54, 1.807) is 0 Å². The molecular weight excluding hydrogens is 349 g/mol. The first-order valence-corrected chi connectivity index (χ1v) is 9.47. The topological polar surface area (TPSA) is 29.1 Å². The second-order valence-corrected chi connectivity index (χ2v) is 8.35. The largest absolute Gasteiger partial charge is 0.352 e. The van der Waals surface area contributed by atoms with E-state index >= 15 is 0 Å². The van der Waals surface area contributed by atoms with E-state index in [0.29, 0.717) is 35.6 Å². The third-order valence-corrected chi connectivity index (χ3v) is 6.78. The highest BCUT2D eigenvalue weighted by Crippen LogP contribution is 2.56. The molecule has 1 N–H and O–H groups in total. The monoisotopic (exact) mass is 375 g/mol. The maximum atomic E-state index is 12.7. The highest BCUT2D eigenvalue weighted by atomic mass is 127. The van der Waals surface area contributed by atoms with E-state index in [2.05, 4.69) is 41.8 Å². The fourth-order valence-electron chi connectivity index (χ4n) is 5.02. The van der Waals surface area contributed by atoms with E-state index in [1.807, 2.05) is 0 Å². The lowest BCUT2D eigenvalue weighted by molar-refractivity contribution is -0.139. The Morgan fingerprint density at radius 1 is 1.11 bits per heavy atom. The van der Waals surface area contributed by atoms with Crippen molar-refractivity contribution in [3.05, 3.63) is 0 Å². The van der Waals surface area contributed by atoms with Crippen molar-refractivity contribution in [3.8, 4) is 0 Å². The minimum Gasteiger partial charge on any atom is -0.352 e. The lowest BCUT2D eigenvalue weighted by Gasteiger charge is -2.53. The van der Waals surface area contributed by atoms with E-state index in [-0.39, 0.29) is 0 Å². The Kier molecular flexibility index (Phi) is 4.12. The Hall–Kier alpha value is 0.200. The van der Waals surface area contributed by atoms with Gasteiger partial charge in [0.25, 0.3) is 0 Å². The molecule has 3 heteroatoms. The quantitative estimate of drug-likeness (QED) is 0.590. The molecule has 1 atom stereocenters. The summed E-state index contributed by atoms with van der Waals surface area (Å²) in [6, 6.07) is 0.352. The van der Waals surface area contributed by atoms with Gasteiger partial charge >= 0.3 is 0 Å². The van der Waals surface area contributed by atoms with Gasteiger partial charge in [0.1, 0.15) is 0 Å². The van der Waals surface area contributed by atoms with Gasteiger partial charge in [-0.15, -0.1) is 0 Å². The second-order valence-electron chi connectivity index (χ2n) is 7.47. The van der Waals surface area contributed by atoms with E-state index in [1.165, 1.54) is 32.1 Å². The highest BCUT2D eigenvalue weighted by Gasteiger charge is 2.50. The van der Waals surface area contributed by atoms with Crippen LogP contribution in [0.2, 0.25) is 0 Å². The van der Waals surface area contributed by atoms with Crippen LogP contribution in [0, 0.1) is 35.5 Å². The summed E-state index contributed by atoms with van der Waals surface area (Å²) in [5.74, 6) is 4.59. The number of rotatable bonds is 4. The maximum absolute atomic E-state index is 12.7. The molecule has 4 aliphatic carbocycles. The summed E-state index contributed by atoms with van der Waals surface area (Å²) in [5.41, 5.74) is 0. The standard InChI is InChI=1S/C16H26INO/c1-9(2)14(8-17)18-16(19)15-12-4-10-3-11(6-12)7-13(15)5-10/h9-15H,3-8H2,1-2H3,(H,18,19). The van der Waals surface area contributed by atoms with Crippen molar-refractivity contribution in [2.75, 3.05) is 4.43 Å². The molecule has 0 aromatic carbocycles. The Bertz CT molecular complexity index is 327. The first-order valence-electron chi connectivity index (χ1n) is 7.94. The number of amides is 1. The number of hydrogen-bond acceptors (Lipinski definition) is 1. The van der Waals surface area contributed by atoms with Crippen molar-refractivity contribution in [2.45, 2.75) is 52.0 Å². The van der Waals surface area contributed by atoms with Gasteiger partial charge in [0.2, 0.25) is 5.91 Å². The lowest BCUT2D eigenvalue weighted by atomic mass is 9.51. The van der Waals surface area contributed by atoms with Crippen LogP contribution >= 0.6 is 22.6 Å². The van der Waals surface area contributed by atoms with E-state index < -0.39 is 0 Å². The van der Waals surface area contributed by atoms with E-state index in [9.17, 15) is 4.79 Å². The van der Waals surface area contributed by atoms with Crippen molar-refractivity contribution in [1.82, 2.24) is 5.32 Å². The van der Waals surface area contributed by atoms with E-state index in [0.717, 1.165) is 16.3 Å². The average Bonchev–Trinajstić information content (AvgIpc) is 2.34. The Morgan fingerprint density at radius 2 is 1.63 bits per heavy atom. The predicted molar refractivity (Wildman–Crippen MR) is 86.2 cm³/mol. The lowest BCUT2D eigenvalue weighted by Crippen LogP contribution is -2.53. The van der Waals surface area contributed by atoms with Gasteiger partial charge in [-0.2, -0.15) is 0 Å². The first-order chi connectivity index (χ1) is 9.08. The maximum Gasteiger partial charge on any atom is 0.223 e. The van der Waals surface area contributed by atoms with Crippen LogP contribution in [0.3, 0.4) is 0 Å². The molecule has 4 fully saturated rings. The fourth-order valence-corrected chi connectivity index (χ4v) is 6.25. The summed E-state index contributed by atoms with van der Waals surface area (Å²) < 4.78 is 1.02. The van der Waals surface area contributed by atoms with Crippen molar-refractivity contribution < 1.29 is 4.79 Å². The van der Waals surface area contributed by atoms with Crippen LogP contribution < -0.4 is 5.32 Å². The number of alkyl halides is 1. The van der Waals surface area contributed by atoms with Crippen LogP contribution in [0.25, 0.3) is 0 Å². The highest BCUT2D eigenvalue weighted by molar-refractivity contribution is 14.1. The summed E-state index contributed by atoms with van der Waals surface area (Å²) in [7, 11) is 0. The number of nitrogens with one attached hydrogen (secondary N) is 1. The molecule has 4 rings (SSSR count). The zero-order valence-electron chi connectivity index (χ0n) is 12.1. The summed E-state index contributed by atoms with van der Waals surface area (Å²) in [5, 5.41) is 3.35. The molecule has 0 radical (unpaired) electrons. The van der Waals surface area contributed by atoms with Gasteiger partial charge in [0.05, 0.1) is 0 Å². The van der Waals surface area contributed by atoms with Crippen molar-refractivity contribution >= 4 is 28.5 Å². The number of carbonyl (C=O) groups excluding carboxylic acids is 1. The Labute approximate surface area is 130 Å². The first kappa shape index (κ1) is 14.2. The molecule has 4 aliphatic rings. The molecule has 2 nitrogen and oxygen atoms in total. The molecule has 1 unspecified atom stereocenters. The summed E-state index contributed by atoms with van der Waals surface area (Å²) >= 11 is 2.40. The number of carbonyl (C=O) groups is 1. The SMILES string of the molecule is CC(C)C(CI)NC(=O)C1C2CC3CC(C2)CC1C3. The van der Waals surface area contributed by atoms with Gasteiger partial charge in [-0.05, 0) is 61.7 Å². The zero-order valence-corrected chi connectivity index (χ0v) is 14.2. The molecule has 19 heavy (non-hydrogen) atoms. The molecule has 0 aromatic heterocycles. The van der Waals surface area contributed by atoms with Crippen LogP contribution in [0.4, 0.5) is 0 Å². The predicted octanol–water partition coefficient (Wildman–Crippen LogP) is 3.63. The van der Waals surface area contributed by atoms with Crippen LogP contribution in [-0.4, -0.2) is 16.4 Å². The second kappa shape index (κ2) is 5.53. The molecule has 0 aromatic rings.